The Hall–Kier alpha value is -3.31. The molecule has 29 heavy (non-hydrogen) atoms. The molecule has 0 aliphatic heterocycles. The van der Waals surface area contributed by atoms with Crippen LogP contribution in [-0.4, -0.2) is 15.7 Å². The van der Waals surface area contributed by atoms with Gasteiger partial charge in [-0.05, 0) is 74.4 Å². The minimum atomic E-state index is -0.268. The maximum atomic E-state index is 13.1. The fourth-order valence-electron chi connectivity index (χ4n) is 3.05. The lowest BCUT2D eigenvalue weighted by Crippen LogP contribution is -2.17. The quantitative estimate of drug-likeness (QED) is 0.455. The molecule has 4 rings (SSSR count). The number of aromatic nitrogens is 2. The van der Waals surface area contributed by atoms with Crippen LogP contribution in [0.2, 0.25) is 5.02 Å². The third kappa shape index (κ3) is 3.96. The largest absolute Gasteiger partial charge is 0.460 e. The molecule has 0 aliphatic rings. The monoisotopic (exact) mass is 405 g/mol. The second kappa shape index (κ2) is 7.60. The van der Waals surface area contributed by atoms with Gasteiger partial charge < -0.3 is 9.73 Å². The van der Waals surface area contributed by atoms with E-state index in [2.05, 4.69) is 10.4 Å². The number of carbonyl (C=O) groups excluding carboxylic acids is 1. The van der Waals surface area contributed by atoms with E-state index in [-0.39, 0.29) is 5.91 Å². The van der Waals surface area contributed by atoms with Crippen LogP contribution in [0.5, 0.6) is 0 Å². The first-order valence-electron chi connectivity index (χ1n) is 9.22. The Labute approximate surface area is 173 Å². The lowest BCUT2D eigenvalue weighted by molar-refractivity contribution is 0.101. The summed E-state index contributed by atoms with van der Waals surface area (Å²) in [5.41, 5.74) is 4.66. The lowest BCUT2D eigenvalue weighted by atomic mass is 10.1. The molecule has 1 amide bonds. The van der Waals surface area contributed by atoms with Crippen molar-refractivity contribution in [1.29, 1.82) is 0 Å². The van der Waals surface area contributed by atoms with Crippen molar-refractivity contribution >= 4 is 23.2 Å². The highest BCUT2D eigenvalue weighted by Crippen LogP contribution is 2.25. The Bertz CT molecular complexity index is 1210. The first-order valence-corrected chi connectivity index (χ1v) is 9.60. The number of anilines is 1. The summed E-state index contributed by atoms with van der Waals surface area (Å²) in [6.07, 6.45) is 0. The summed E-state index contributed by atoms with van der Waals surface area (Å²) in [5, 5.41) is 8.12. The van der Waals surface area contributed by atoms with Crippen molar-refractivity contribution in [3.8, 4) is 17.1 Å². The van der Waals surface area contributed by atoms with E-state index in [0.717, 1.165) is 17.0 Å². The molecule has 0 saturated carbocycles. The van der Waals surface area contributed by atoms with Gasteiger partial charge >= 0.3 is 0 Å². The second-order valence-electron chi connectivity index (χ2n) is 6.97. The minimum absolute atomic E-state index is 0.268. The number of benzene rings is 2. The van der Waals surface area contributed by atoms with Gasteiger partial charge in [0, 0.05) is 16.8 Å². The molecule has 0 atom stereocenters. The van der Waals surface area contributed by atoms with E-state index < -0.39 is 0 Å². The minimum Gasteiger partial charge on any atom is -0.460 e. The van der Waals surface area contributed by atoms with Gasteiger partial charge in [0.1, 0.15) is 17.1 Å². The molecule has 2 aromatic carbocycles. The fourth-order valence-corrected chi connectivity index (χ4v) is 3.24. The van der Waals surface area contributed by atoms with Gasteiger partial charge in [-0.2, -0.15) is 5.10 Å². The first kappa shape index (κ1) is 19.0. The van der Waals surface area contributed by atoms with Crippen LogP contribution in [0.4, 0.5) is 5.69 Å². The summed E-state index contributed by atoms with van der Waals surface area (Å²) in [6.45, 7) is 5.91. The average molecular weight is 406 g/mol. The van der Waals surface area contributed by atoms with Crippen LogP contribution < -0.4 is 5.32 Å². The molecule has 2 heterocycles. The number of hydrogen-bond acceptors (Lipinski definition) is 3. The predicted molar refractivity (Wildman–Crippen MR) is 115 cm³/mol. The number of rotatable bonds is 4. The van der Waals surface area contributed by atoms with Gasteiger partial charge in [-0.1, -0.05) is 23.7 Å². The number of carbonyl (C=O) groups is 1. The molecule has 4 aromatic rings. The van der Waals surface area contributed by atoms with Crippen molar-refractivity contribution in [1.82, 2.24) is 9.78 Å². The van der Waals surface area contributed by atoms with Crippen molar-refractivity contribution < 1.29 is 9.21 Å². The van der Waals surface area contributed by atoms with Gasteiger partial charge in [-0.25, -0.2) is 4.68 Å². The highest BCUT2D eigenvalue weighted by molar-refractivity contribution is 6.30. The summed E-state index contributed by atoms with van der Waals surface area (Å²) in [6, 6.07) is 18.4. The molecule has 146 valence electrons. The molecule has 0 saturated heterocycles. The van der Waals surface area contributed by atoms with E-state index in [1.165, 1.54) is 5.56 Å². The van der Waals surface area contributed by atoms with Crippen LogP contribution >= 0.6 is 11.6 Å². The predicted octanol–water partition coefficient (Wildman–Crippen LogP) is 5.96. The Morgan fingerprint density at radius 3 is 2.52 bits per heavy atom. The molecule has 0 unspecified atom stereocenters. The zero-order valence-corrected chi connectivity index (χ0v) is 17.1. The van der Waals surface area contributed by atoms with E-state index in [4.69, 9.17) is 16.0 Å². The zero-order chi connectivity index (χ0) is 20.5. The maximum Gasteiger partial charge on any atom is 0.274 e. The van der Waals surface area contributed by atoms with E-state index in [1.54, 1.807) is 22.9 Å². The number of nitrogens with one attached hydrogen (secondary N) is 1. The Morgan fingerprint density at radius 1 is 1.00 bits per heavy atom. The molecule has 0 aliphatic carbocycles. The molecule has 5 nitrogen and oxygen atoms in total. The van der Waals surface area contributed by atoms with Crippen molar-refractivity contribution in [3.05, 3.63) is 88.3 Å². The second-order valence-corrected chi connectivity index (χ2v) is 7.41. The van der Waals surface area contributed by atoms with Gasteiger partial charge in [0.25, 0.3) is 5.91 Å². The Morgan fingerprint density at radius 2 is 1.83 bits per heavy atom. The van der Waals surface area contributed by atoms with Crippen LogP contribution in [0.25, 0.3) is 17.1 Å². The fraction of sp³-hybridized carbons (Fsp3) is 0.130. The molecule has 2 aromatic heterocycles. The Kier molecular flexibility index (Phi) is 4.99. The van der Waals surface area contributed by atoms with E-state index in [1.807, 2.05) is 63.2 Å². The van der Waals surface area contributed by atoms with Gasteiger partial charge in [0.05, 0.1) is 5.69 Å². The van der Waals surface area contributed by atoms with Gasteiger partial charge in [-0.15, -0.1) is 0 Å². The molecule has 6 heteroatoms. The van der Waals surface area contributed by atoms with Crippen LogP contribution in [0.15, 0.2) is 65.1 Å². The normalized spacial score (nSPS) is 10.9. The zero-order valence-electron chi connectivity index (χ0n) is 16.4. The van der Waals surface area contributed by atoms with Crippen molar-refractivity contribution in [2.75, 3.05) is 5.32 Å². The van der Waals surface area contributed by atoms with E-state index in [0.29, 0.717) is 27.9 Å². The van der Waals surface area contributed by atoms with Gasteiger partial charge in [0.15, 0.2) is 5.76 Å². The van der Waals surface area contributed by atoms with E-state index in [9.17, 15) is 4.79 Å². The van der Waals surface area contributed by atoms with Gasteiger partial charge in [0.2, 0.25) is 0 Å². The molecule has 0 fully saturated rings. The number of nitrogens with zero attached hydrogens (tertiary/aromatic N) is 2. The molecule has 0 radical (unpaired) electrons. The topological polar surface area (TPSA) is 60.1 Å². The van der Waals surface area contributed by atoms with Crippen LogP contribution in [-0.2, 0) is 0 Å². The third-order valence-corrected chi connectivity index (χ3v) is 4.99. The number of amides is 1. The molecular formula is C23H20ClN3O2. The van der Waals surface area contributed by atoms with Gasteiger partial charge in [-0.3, -0.25) is 4.79 Å². The Balaban J connectivity index is 1.76. The molecular weight excluding hydrogens is 386 g/mol. The van der Waals surface area contributed by atoms with Crippen LogP contribution in [0.1, 0.15) is 27.4 Å². The maximum absolute atomic E-state index is 13.1. The summed E-state index contributed by atoms with van der Waals surface area (Å²) < 4.78 is 7.27. The van der Waals surface area contributed by atoms with Crippen molar-refractivity contribution in [3.63, 3.8) is 0 Å². The highest BCUT2D eigenvalue weighted by Gasteiger charge is 2.19. The van der Waals surface area contributed by atoms with Crippen molar-refractivity contribution in [2.45, 2.75) is 20.8 Å². The number of aryl methyl sites for hydroxylation is 3. The molecule has 0 spiro atoms. The van der Waals surface area contributed by atoms with E-state index >= 15 is 0 Å². The first-order chi connectivity index (χ1) is 13.9. The standard InChI is InChI=1S/C23H20ClN3O2/c1-14-7-9-18(11-15(14)2)25-23(28)21-13-20(22-10-8-16(3)29-22)26-27(21)19-6-4-5-17(24)12-19/h4-13H,1-3H3,(H,25,28). The van der Waals surface area contributed by atoms with Crippen LogP contribution in [0.3, 0.4) is 0 Å². The number of furan rings is 1. The number of hydrogen-bond donors (Lipinski definition) is 1. The SMILES string of the molecule is Cc1ccc(-c2cc(C(=O)Nc3ccc(C)c(C)c3)n(-c3cccc(Cl)c3)n2)o1. The summed E-state index contributed by atoms with van der Waals surface area (Å²) in [4.78, 5) is 13.1. The van der Waals surface area contributed by atoms with Crippen molar-refractivity contribution in [2.24, 2.45) is 0 Å². The smallest absolute Gasteiger partial charge is 0.274 e. The number of halogens is 1. The lowest BCUT2D eigenvalue weighted by Gasteiger charge is -2.10. The summed E-state index contributed by atoms with van der Waals surface area (Å²) in [7, 11) is 0. The third-order valence-electron chi connectivity index (χ3n) is 4.75. The summed E-state index contributed by atoms with van der Waals surface area (Å²) >= 11 is 6.16. The molecule has 1 N–H and O–H groups in total. The summed E-state index contributed by atoms with van der Waals surface area (Å²) in [5.74, 6) is 1.11. The van der Waals surface area contributed by atoms with Crippen LogP contribution in [0, 0.1) is 20.8 Å². The molecule has 0 bridgehead atoms. The highest BCUT2D eigenvalue weighted by atomic mass is 35.5. The average Bonchev–Trinajstić information content (AvgIpc) is 3.31.